The molecule has 2 unspecified atom stereocenters. The first-order chi connectivity index (χ1) is 10.2. The summed E-state index contributed by atoms with van der Waals surface area (Å²) in [6.07, 6.45) is 3.31. The highest BCUT2D eigenvalue weighted by molar-refractivity contribution is 6.17. The van der Waals surface area contributed by atoms with Crippen LogP contribution in [0, 0.1) is 0 Å². The molecule has 2 atom stereocenters. The smallest absolute Gasteiger partial charge is 0.173 e. The minimum absolute atomic E-state index is 0.318. The molecule has 0 amide bonds. The third-order valence-electron chi connectivity index (χ3n) is 4.15. The van der Waals surface area contributed by atoms with E-state index in [0.717, 1.165) is 24.1 Å². The standard InChI is InChI=1S/C16H20N4O/c1-20-15-9-12(11-6-4-3-5-7-11)8-14(19-21-2)13(15)10-18-16(20)17/h3-7,10,12,16H,8-9,17H2,1-2H3. The van der Waals surface area contributed by atoms with Crippen LogP contribution in [0.15, 0.2) is 51.8 Å². The summed E-state index contributed by atoms with van der Waals surface area (Å²) in [5.74, 6) is 0.389. The lowest BCUT2D eigenvalue weighted by atomic mass is 9.81. The molecule has 0 saturated heterocycles. The lowest BCUT2D eigenvalue weighted by molar-refractivity contribution is 0.211. The van der Waals surface area contributed by atoms with Gasteiger partial charge in [0.1, 0.15) is 7.11 Å². The second-order valence-electron chi connectivity index (χ2n) is 5.40. The zero-order valence-electron chi connectivity index (χ0n) is 12.4. The van der Waals surface area contributed by atoms with Gasteiger partial charge in [0, 0.05) is 31.0 Å². The Morgan fingerprint density at radius 1 is 1.29 bits per heavy atom. The maximum Gasteiger partial charge on any atom is 0.173 e. The first-order valence-corrected chi connectivity index (χ1v) is 7.10. The fraction of sp³-hybridized carbons (Fsp3) is 0.375. The summed E-state index contributed by atoms with van der Waals surface area (Å²) in [5.41, 5.74) is 10.5. The topological polar surface area (TPSA) is 63.2 Å². The maximum absolute atomic E-state index is 6.01. The van der Waals surface area contributed by atoms with Gasteiger partial charge in [-0.1, -0.05) is 35.5 Å². The van der Waals surface area contributed by atoms with Crippen molar-refractivity contribution in [3.05, 3.63) is 47.2 Å². The van der Waals surface area contributed by atoms with E-state index in [4.69, 9.17) is 10.6 Å². The molecule has 0 saturated carbocycles. The Morgan fingerprint density at radius 3 is 2.76 bits per heavy atom. The molecule has 1 heterocycles. The van der Waals surface area contributed by atoms with Crippen LogP contribution < -0.4 is 5.73 Å². The summed E-state index contributed by atoms with van der Waals surface area (Å²) in [6.45, 7) is 0. The second kappa shape index (κ2) is 5.69. The first kappa shape index (κ1) is 13.8. The van der Waals surface area contributed by atoms with Gasteiger partial charge in [0.15, 0.2) is 6.29 Å². The molecule has 1 aliphatic carbocycles. The molecule has 1 aromatic rings. The molecule has 5 heteroatoms. The van der Waals surface area contributed by atoms with E-state index in [1.54, 1.807) is 7.11 Å². The Hall–Kier alpha value is -2.14. The number of nitrogens with zero attached hydrogens (tertiary/aromatic N) is 3. The molecule has 110 valence electrons. The molecule has 1 aromatic carbocycles. The van der Waals surface area contributed by atoms with Gasteiger partial charge in [-0.3, -0.25) is 10.7 Å². The molecule has 3 rings (SSSR count). The van der Waals surface area contributed by atoms with Crippen LogP contribution in [-0.4, -0.2) is 37.3 Å². The van der Waals surface area contributed by atoms with Crippen LogP contribution in [0.5, 0.6) is 0 Å². The molecular weight excluding hydrogens is 264 g/mol. The molecule has 0 radical (unpaired) electrons. The predicted octanol–water partition coefficient (Wildman–Crippen LogP) is 2.08. The van der Waals surface area contributed by atoms with Crippen LogP contribution in [0.2, 0.25) is 0 Å². The van der Waals surface area contributed by atoms with Gasteiger partial charge in [-0.15, -0.1) is 0 Å². The van der Waals surface area contributed by atoms with E-state index in [1.165, 1.54) is 11.3 Å². The largest absolute Gasteiger partial charge is 0.399 e. The van der Waals surface area contributed by atoms with Crippen molar-refractivity contribution in [2.75, 3.05) is 14.2 Å². The third-order valence-corrected chi connectivity index (χ3v) is 4.15. The number of oxime groups is 1. The molecular formula is C16H20N4O. The molecule has 0 bridgehead atoms. The van der Waals surface area contributed by atoms with Crippen LogP contribution in [0.4, 0.5) is 0 Å². The molecule has 0 spiro atoms. The molecule has 0 fully saturated rings. The van der Waals surface area contributed by atoms with E-state index in [9.17, 15) is 0 Å². The minimum Gasteiger partial charge on any atom is -0.399 e. The lowest BCUT2D eigenvalue weighted by Gasteiger charge is -2.37. The normalized spacial score (nSPS) is 27.0. The number of allylic oxidation sites excluding steroid dienone is 2. The van der Waals surface area contributed by atoms with Crippen molar-refractivity contribution >= 4 is 11.9 Å². The number of nitrogens with two attached hydrogens (primary N) is 1. The zero-order chi connectivity index (χ0) is 14.8. The fourth-order valence-corrected chi connectivity index (χ4v) is 2.98. The van der Waals surface area contributed by atoms with E-state index in [2.05, 4.69) is 34.4 Å². The van der Waals surface area contributed by atoms with Crippen molar-refractivity contribution in [1.82, 2.24) is 4.90 Å². The van der Waals surface area contributed by atoms with Crippen molar-refractivity contribution in [2.24, 2.45) is 15.9 Å². The Morgan fingerprint density at radius 2 is 2.05 bits per heavy atom. The summed E-state index contributed by atoms with van der Waals surface area (Å²) in [6, 6.07) is 10.5. The third kappa shape index (κ3) is 2.56. The van der Waals surface area contributed by atoms with Crippen LogP contribution in [0.25, 0.3) is 0 Å². The lowest BCUT2D eigenvalue weighted by Crippen LogP contribution is -2.42. The Balaban J connectivity index is 2.00. The van der Waals surface area contributed by atoms with Gasteiger partial charge >= 0.3 is 0 Å². The van der Waals surface area contributed by atoms with E-state index < -0.39 is 0 Å². The average molecular weight is 284 g/mol. The van der Waals surface area contributed by atoms with Gasteiger partial charge in [-0.25, -0.2) is 0 Å². The van der Waals surface area contributed by atoms with Crippen molar-refractivity contribution in [2.45, 2.75) is 25.0 Å². The fourth-order valence-electron chi connectivity index (χ4n) is 2.98. The van der Waals surface area contributed by atoms with Gasteiger partial charge in [0.25, 0.3) is 0 Å². The molecule has 0 aromatic heterocycles. The summed E-state index contributed by atoms with van der Waals surface area (Å²) >= 11 is 0. The Bertz CT molecular complexity index is 606. The molecule has 2 aliphatic rings. The summed E-state index contributed by atoms with van der Waals surface area (Å²) < 4.78 is 0. The van der Waals surface area contributed by atoms with Crippen LogP contribution in [0.1, 0.15) is 24.3 Å². The Kier molecular flexibility index (Phi) is 3.75. The zero-order valence-corrected chi connectivity index (χ0v) is 12.4. The highest BCUT2D eigenvalue weighted by atomic mass is 16.6. The molecule has 2 N–H and O–H groups in total. The first-order valence-electron chi connectivity index (χ1n) is 7.10. The van der Waals surface area contributed by atoms with Gasteiger partial charge in [-0.05, 0) is 17.9 Å². The van der Waals surface area contributed by atoms with Crippen LogP contribution in [-0.2, 0) is 4.84 Å². The van der Waals surface area contributed by atoms with E-state index >= 15 is 0 Å². The summed E-state index contributed by atoms with van der Waals surface area (Å²) in [5, 5.41) is 4.20. The van der Waals surface area contributed by atoms with Crippen LogP contribution in [0.3, 0.4) is 0 Å². The number of aliphatic imine (C=N–C) groups is 1. The highest BCUT2D eigenvalue weighted by Gasteiger charge is 2.32. The number of rotatable bonds is 2. The van der Waals surface area contributed by atoms with E-state index in [-0.39, 0.29) is 6.29 Å². The van der Waals surface area contributed by atoms with Crippen LogP contribution >= 0.6 is 0 Å². The molecule has 1 aliphatic heterocycles. The van der Waals surface area contributed by atoms with Crippen molar-refractivity contribution in [3.63, 3.8) is 0 Å². The monoisotopic (exact) mass is 284 g/mol. The van der Waals surface area contributed by atoms with Gasteiger partial charge < -0.3 is 9.74 Å². The van der Waals surface area contributed by atoms with E-state index in [0.29, 0.717) is 5.92 Å². The minimum atomic E-state index is -0.318. The quantitative estimate of drug-likeness (QED) is 0.846. The van der Waals surface area contributed by atoms with Crippen molar-refractivity contribution in [3.8, 4) is 0 Å². The average Bonchev–Trinajstić information content (AvgIpc) is 2.52. The number of benzene rings is 1. The maximum atomic E-state index is 6.01. The number of hydrogen-bond donors (Lipinski definition) is 1. The van der Waals surface area contributed by atoms with Gasteiger partial charge in [0.2, 0.25) is 0 Å². The number of hydrogen-bond acceptors (Lipinski definition) is 5. The van der Waals surface area contributed by atoms with Crippen molar-refractivity contribution < 1.29 is 4.84 Å². The predicted molar refractivity (Wildman–Crippen MR) is 84.1 cm³/mol. The SMILES string of the molecule is CON=C1CC(c2ccccc2)CC2=C1C=NC(N)N2C. The molecule has 21 heavy (non-hydrogen) atoms. The van der Waals surface area contributed by atoms with Crippen molar-refractivity contribution in [1.29, 1.82) is 0 Å². The highest BCUT2D eigenvalue weighted by Crippen LogP contribution is 2.37. The Labute approximate surface area is 124 Å². The second-order valence-corrected chi connectivity index (χ2v) is 5.40. The summed E-state index contributed by atoms with van der Waals surface area (Å²) in [7, 11) is 3.56. The molecule has 5 nitrogen and oxygen atoms in total. The van der Waals surface area contributed by atoms with Gasteiger partial charge in [0.05, 0.1) is 5.71 Å². The van der Waals surface area contributed by atoms with E-state index in [1.807, 2.05) is 24.2 Å². The van der Waals surface area contributed by atoms with Gasteiger partial charge in [-0.2, -0.15) is 0 Å². The summed E-state index contributed by atoms with van der Waals surface area (Å²) in [4.78, 5) is 11.4.